The van der Waals surface area contributed by atoms with Gasteiger partial charge < -0.3 is 24.3 Å². The van der Waals surface area contributed by atoms with Gasteiger partial charge in [-0.1, -0.05) is 0 Å². The van der Waals surface area contributed by atoms with Gasteiger partial charge in [0.1, 0.15) is 0 Å². The number of hydrogen-bond donors (Lipinski definition) is 1. The monoisotopic (exact) mass is 309 g/mol. The molecule has 122 valence electrons. The number of carbonyl (C=O) groups is 1. The quantitative estimate of drug-likeness (QED) is 0.871. The van der Waals surface area contributed by atoms with E-state index in [0.717, 1.165) is 19.4 Å². The third-order valence-electron chi connectivity index (χ3n) is 3.81. The van der Waals surface area contributed by atoms with Crippen LogP contribution in [0.15, 0.2) is 12.1 Å². The molecule has 2 atom stereocenters. The summed E-state index contributed by atoms with van der Waals surface area (Å²) in [5.74, 6) is 1.18. The molecule has 1 heterocycles. The fourth-order valence-corrected chi connectivity index (χ4v) is 2.59. The van der Waals surface area contributed by atoms with Crippen molar-refractivity contribution in [3.8, 4) is 17.2 Å². The summed E-state index contributed by atoms with van der Waals surface area (Å²) < 4.78 is 21.4. The molecule has 1 aromatic rings. The van der Waals surface area contributed by atoms with Gasteiger partial charge in [0.15, 0.2) is 11.5 Å². The van der Waals surface area contributed by atoms with Crippen LogP contribution in [0.5, 0.6) is 17.2 Å². The van der Waals surface area contributed by atoms with E-state index in [9.17, 15) is 4.79 Å². The lowest BCUT2D eigenvalue weighted by atomic mass is 10.1. The number of nitrogens with one attached hydrogen (secondary N) is 1. The lowest BCUT2D eigenvalue weighted by molar-refractivity contribution is 0.0712. The molecule has 1 fully saturated rings. The van der Waals surface area contributed by atoms with E-state index in [1.165, 1.54) is 21.3 Å². The first-order valence-corrected chi connectivity index (χ1v) is 7.33. The first-order chi connectivity index (χ1) is 10.6. The third-order valence-corrected chi connectivity index (χ3v) is 3.81. The molecule has 1 saturated heterocycles. The second kappa shape index (κ2) is 7.35. The number of ether oxygens (including phenoxy) is 4. The lowest BCUT2D eigenvalue weighted by Gasteiger charge is -2.20. The summed E-state index contributed by atoms with van der Waals surface area (Å²) in [4.78, 5) is 12.4. The predicted molar refractivity (Wildman–Crippen MR) is 82.0 cm³/mol. The topological polar surface area (TPSA) is 66.0 Å². The summed E-state index contributed by atoms with van der Waals surface area (Å²) in [6.45, 7) is 2.71. The maximum absolute atomic E-state index is 12.4. The molecule has 0 radical (unpaired) electrons. The van der Waals surface area contributed by atoms with E-state index in [-0.39, 0.29) is 18.1 Å². The molecule has 1 N–H and O–H groups in total. The summed E-state index contributed by atoms with van der Waals surface area (Å²) in [6, 6.07) is 3.23. The zero-order valence-corrected chi connectivity index (χ0v) is 13.5. The molecule has 1 aromatic carbocycles. The van der Waals surface area contributed by atoms with Gasteiger partial charge >= 0.3 is 0 Å². The number of benzene rings is 1. The predicted octanol–water partition coefficient (Wildman–Crippen LogP) is 2.01. The lowest BCUT2D eigenvalue weighted by Crippen LogP contribution is -2.40. The molecule has 6 nitrogen and oxygen atoms in total. The highest BCUT2D eigenvalue weighted by Crippen LogP contribution is 2.38. The van der Waals surface area contributed by atoms with Gasteiger partial charge in [-0.15, -0.1) is 0 Å². The van der Waals surface area contributed by atoms with Gasteiger partial charge in [0.05, 0.1) is 33.5 Å². The summed E-state index contributed by atoms with van der Waals surface area (Å²) >= 11 is 0. The second-order valence-electron chi connectivity index (χ2n) is 5.23. The van der Waals surface area contributed by atoms with Crippen molar-refractivity contribution < 1.29 is 23.7 Å². The van der Waals surface area contributed by atoms with Gasteiger partial charge in [0.2, 0.25) is 5.75 Å². The van der Waals surface area contributed by atoms with Crippen molar-refractivity contribution in [2.45, 2.75) is 31.9 Å². The Morgan fingerprint density at radius 2 is 1.86 bits per heavy atom. The maximum atomic E-state index is 12.4. The average molecular weight is 309 g/mol. The molecular weight excluding hydrogens is 286 g/mol. The fourth-order valence-electron chi connectivity index (χ4n) is 2.59. The van der Waals surface area contributed by atoms with Crippen LogP contribution in [0.1, 0.15) is 30.1 Å². The molecule has 0 aromatic heterocycles. The zero-order valence-electron chi connectivity index (χ0n) is 13.5. The zero-order chi connectivity index (χ0) is 16.1. The van der Waals surface area contributed by atoms with Gasteiger partial charge in [0, 0.05) is 12.2 Å². The first kappa shape index (κ1) is 16.4. The van der Waals surface area contributed by atoms with Crippen LogP contribution in [-0.2, 0) is 4.74 Å². The smallest absolute Gasteiger partial charge is 0.251 e. The Bertz CT molecular complexity index is 500. The van der Waals surface area contributed by atoms with E-state index in [1.807, 2.05) is 6.92 Å². The minimum atomic E-state index is -0.192. The molecule has 1 amide bonds. The molecule has 0 spiro atoms. The van der Waals surface area contributed by atoms with Gasteiger partial charge in [-0.05, 0) is 31.9 Å². The number of hydrogen-bond acceptors (Lipinski definition) is 5. The largest absolute Gasteiger partial charge is 0.493 e. The summed E-state index contributed by atoms with van der Waals surface area (Å²) in [7, 11) is 4.57. The Labute approximate surface area is 130 Å². The molecule has 0 bridgehead atoms. The van der Waals surface area contributed by atoms with Crippen LogP contribution in [0, 0.1) is 0 Å². The number of carbonyl (C=O) groups excluding carboxylic acids is 1. The van der Waals surface area contributed by atoms with Crippen LogP contribution >= 0.6 is 0 Å². The molecule has 0 saturated carbocycles. The molecule has 0 aliphatic carbocycles. The normalized spacial score (nSPS) is 18.6. The molecular formula is C16H23NO5. The van der Waals surface area contributed by atoms with E-state index in [4.69, 9.17) is 18.9 Å². The molecule has 1 aliphatic rings. The first-order valence-electron chi connectivity index (χ1n) is 7.33. The summed E-state index contributed by atoms with van der Waals surface area (Å²) in [6.07, 6.45) is 2.08. The van der Waals surface area contributed by atoms with Crippen molar-refractivity contribution in [3.63, 3.8) is 0 Å². The Morgan fingerprint density at radius 1 is 1.23 bits per heavy atom. The van der Waals surface area contributed by atoms with Crippen LogP contribution in [0.25, 0.3) is 0 Å². The van der Waals surface area contributed by atoms with Crippen LogP contribution in [-0.4, -0.2) is 46.0 Å². The van der Waals surface area contributed by atoms with Crippen LogP contribution in [0.2, 0.25) is 0 Å². The van der Waals surface area contributed by atoms with Crippen molar-refractivity contribution >= 4 is 5.91 Å². The van der Waals surface area contributed by atoms with Crippen LogP contribution in [0.3, 0.4) is 0 Å². The van der Waals surface area contributed by atoms with Crippen LogP contribution < -0.4 is 19.5 Å². The Hall–Kier alpha value is -1.95. The van der Waals surface area contributed by atoms with Crippen molar-refractivity contribution in [1.29, 1.82) is 0 Å². The third kappa shape index (κ3) is 3.44. The van der Waals surface area contributed by atoms with E-state index in [1.54, 1.807) is 12.1 Å². The van der Waals surface area contributed by atoms with E-state index < -0.39 is 0 Å². The Balaban J connectivity index is 2.18. The van der Waals surface area contributed by atoms with E-state index in [2.05, 4.69) is 5.32 Å². The van der Waals surface area contributed by atoms with E-state index in [0.29, 0.717) is 22.8 Å². The van der Waals surface area contributed by atoms with Gasteiger partial charge in [0.25, 0.3) is 5.91 Å². The van der Waals surface area contributed by atoms with Crippen molar-refractivity contribution in [3.05, 3.63) is 17.7 Å². The standard InChI is InChI=1S/C16H23NO5/c1-10(12-6-5-7-22-12)17-16(18)11-8-13(19-2)15(21-4)14(9-11)20-3/h8-10,12H,5-7H2,1-4H3,(H,17,18)/t10-,12-/m1/s1. The summed E-state index contributed by atoms with van der Waals surface area (Å²) in [5.41, 5.74) is 0.458. The second-order valence-corrected chi connectivity index (χ2v) is 5.23. The molecule has 22 heavy (non-hydrogen) atoms. The molecule has 2 rings (SSSR count). The van der Waals surface area contributed by atoms with Crippen molar-refractivity contribution in [2.75, 3.05) is 27.9 Å². The highest BCUT2D eigenvalue weighted by Gasteiger charge is 2.25. The molecule has 1 aliphatic heterocycles. The van der Waals surface area contributed by atoms with Crippen molar-refractivity contribution in [1.82, 2.24) is 5.32 Å². The maximum Gasteiger partial charge on any atom is 0.251 e. The minimum Gasteiger partial charge on any atom is -0.493 e. The Kier molecular flexibility index (Phi) is 5.49. The number of amides is 1. The highest BCUT2D eigenvalue weighted by molar-refractivity contribution is 5.95. The van der Waals surface area contributed by atoms with Gasteiger partial charge in [-0.2, -0.15) is 0 Å². The number of methoxy groups -OCH3 is 3. The number of rotatable bonds is 6. The van der Waals surface area contributed by atoms with Gasteiger partial charge in [-0.25, -0.2) is 0 Å². The molecule has 0 unspecified atom stereocenters. The van der Waals surface area contributed by atoms with Crippen LogP contribution in [0.4, 0.5) is 0 Å². The van der Waals surface area contributed by atoms with E-state index >= 15 is 0 Å². The average Bonchev–Trinajstić information content (AvgIpc) is 3.07. The summed E-state index contributed by atoms with van der Waals surface area (Å²) in [5, 5.41) is 2.96. The minimum absolute atomic E-state index is 0.0471. The SMILES string of the molecule is COc1cc(C(=O)N[C@H](C)[C@H]2CCCO2)cc(OC)c1OC. The van der Waals surface area contributed by atoms with Crippen molar-refractivity contribution in [2.24, 2.45) is 0 Å². The molecule has 6 heteroatoms. The fraction of sp³-hybridized carbons (Fsp3) is 0.562. The van der Waals surface area contributed by atoms with Gasteiger partial charge in [-0.3, -0.25) is 4.79 Å². The highest BCUT2D eigenvalue weighted by atomic mass is 16.5. The Morgan fingerprint density at radius 3 is 2.32 bits per heavy atom.